The van der Waals surface area contributed by atoms with Gasteiger partial charge in [-0.05, 0) is 43.2 Å². The lowest BCUT2D eigenvalue weighted by Crippen LogP contribution is -2.43. The van der Waals surface area contributed by atoms with Crippen LogP contribution in [0, 0.1) is 0 Å². The fraction of sp³-hybridized carbons (Fsp3) is 0.300. The second kappa shape index (κ2) is 7.65. The van der Waals surface area contributed by atoms with Crippen molar-refractivity contribution in [3.05, 3.63) is 36.4 Å². The first kappa shape index (κ1) is 20.0. The van der Waals surface area contributed by atoms with Gasteiger partial charge in [0.15, 0.2) is 16.7 Å². The quantitative estimate of drug-likeness (QED) is 0.671. The van der Waals surface area contributed by atoms with Gasteiger partial charge >= 0.3 is 0 Å². The Bertz CT molecular complexity index is 1180. The second-order valence-corrected chi connectivity index (χ2v) is 10.2. The summed E-state index contributed by atoms with van der Waals surface area (Å²) < 4.78 is 38.7. The third kappa shape index (κ3) is 3.79. The lowest BCUT2D eigenvalue weighted by atomic mass is 10.2. The standard InChI is InChI=1S/C20H19N3O6S2/c24-19-18(20(25)23-7-1-2-8-23)30-17-6-4-13(10-14(17)21-19)31(26,27)22-12-3-5-15-16(9-12)29-11-28-15/h3-6,9-10,18,22H,1-2,7-8,11H2,(H,21,24)/t18-/m1/s1. The van der Waals surface area contributed by atoms with Crippen molar-refractivity contribution >= 4 is 45.0 Å². The molecule has 0 bridgehead atoms. The van der Waals surface area contributed by atoms with Crippen LogP contribution in [-0.2, 0) is 19.6 Å². The Balaban J connectivity index is 1.36. The molecule has 3 aliphatic rings. The summed E-state index contributed by atoms with van der Waals surface area (Å²) in [4.78, 5) is 27.5. The Morgan fingerprint density at radius 2 is 1.87 bits per heavy atom. The van der Waals surface area contributed by atoms with Crippen molar-refractivity contribution < 1.29 is 27.5 Å². The first-order valence-corrected chi connectivity index (χ1v) is 12.1. The molecule has 2 aromatic rings. The Morgan fingerprint density at radius 3 is 2.68 bits per heavy atom. The van der Waals surface area contributed by atoms with Crippen LogP contribution >= 0.6 is 11.8 Å². The zero-order valence-corrected chi connectivity index (χ0v) is 17.9. The minimum Gasteiger partial charge on any atom is -0.454 e. The zero-order chi connectivity index (χ0) is 21.6. The number of anilines is 2. The molecule has 11 heteroatoms. The molecule has 5 rings (SSSR count). The molecule has 3 heterocycles. The van der Waals surface area contributed by atoms with Crippen molar-refractivity contribution in [2.24, 2.45) is 0 Å². The number of sulfonamides is 1. The fourth-order valence-electron chi connectivity index (χ4n) is 3.70. The van der Waals surface area contributed by atoms with Crippen LogP contribution in [0.2, 0.25) is 0 Å². The number of carbonyl (C=O) groups is 2. The number of thioether (sulfide) groups is 1. The van der Waals surface area contributed by atoms with E-state index >= 15 is 0 Å². The van der Waals surface area contributed by atoms with Gasteiger partial charge in [-0.1, -0.05) is 0 Å². The van der Waals surface area contributed by atoms with Crippen molar-refractivity contribution in [2.45, 2.75) is 27.9 Å². The lowest BCUT2D eigenvalue weighted by Gasteiger charge is -2.27. The molecule has 0 unspecified atom stereocenters. The molecule has 1 atom stereocenters. The molecular weight excluding hydrogens is 442 g/mol. The maximum Gasteiger partial charge on any atom is 0.261 e. The van der Waals surface area contributed by atoms with Gasteiger partial charge in [-0.25, -0.2) is 8.42 Å². The molecule has 162 valence electrons. The first-order chi connectivity index (χ1) is 14.9. The van der Waals surface area contributed by atoms with E-state index in [4.69, 9.17) is 9.47 Å². The molecule has 31 heavy (non-hydrogen) atoms. The third-order valence-electron chi connectivity index (χ3n) is 5.27. The number of ether oxygens (including phenoxy) is 2. The number of fused-ring (bicyclic) bond motifs is 2. The van der Waals surface area contributed by atoms with Crippen LogP contribution in [0.1, 0.15) is 12.8 Å². The van der Waals surface area contributed by atoms with Gasteiger partial charge in [-0.15, -0.1) is 11.8 Å². The van der Waals surface area contributed by atoms with E-state index in [1.54, 1.807) is 29.2 Å². The van der Waals surface area contributed by atoms with Crippen LogP contribution in [0.5, 0.6) is 11.5 Å². The normalized spacial score (nSPS) is 19.7. The summed E-state index contributed by atoms with van der Waals surface area (Å²) in [6.07, 6.45) is 1.89. The van der Waals surface area contributed by atoms with Gasteiger partial charge < -0.3 is 19.7 Å². The average Bonchev–Trinajstić information content (AvgIpc) is 3.43. The van der Waals surface area contributed by atoms with Crippen molar-refractivity contribution in [3.63, 3.8) is 0 Å². The molecule has 0 aliphatic carbocycles. The summed E-state index contributed by atoms with van der Waals surface area (Å²) in [6, 6.07) is 9.21. The number of amides is 2. The fourth-order valence-corrected chi connectivity index (χ4v) is 5.82. The molecule has 9 nitrogen and oxygen atoms in total. The highest BCUT2D eigenvalue weighted by atomic mass is 32.2. The van der Waals surface area contributed by atoms with Gasteiger partial charge in [0.05, 0.1) is 16.3 Å². The molecule has 0 radical (unpaired) electrons. The highest BCUT2D eigenvalue weighted by molar-refractivity contribution is 8.01. The Kier molecular flexibility index (Phi) is 4.94. The van der Waals surface area contributed by atoms with Crippen molar-refractivity contribution in [1.29, 1.82) is 0 Å². The van der Waals surface area contributed by atoms with E-state index in [2.05, 4.69) is 10.0 Å². The molecular formula is C20H19N3O6S2. The van der Waals surface area contributed by atoms with Crippen molar-refractivity contribution in [1.82, 2.24) is 4.90 Å². The number of likely N-dealkylation sites (tertiary alicyclic amines) is 1. The SMILES string of the molecule is O=C1Nc2cc(S(=O)(=O)Nc3ccc4c(c3)OCO4)ccc2S[C@H]1C(=O)N1CCCC1. The van der Waals surface area contributed by atoms with E-state index in [1.165, 1.54) is 12.1 Å². The summed E-state index contributed by atoms with van der Waals surface area (Å²) in [6.45, 7) is 1.42. The van der Waals surface area contributed by atoms with E-state index in [-0.39, 0.29) is 17.6 Å². The predicted molar refractivity (Wildman–Crippen MR) is 114 cm³/mol. The molecule has 2 aromatic carbocycles. The monoisotopic (exact) mass is 461 g/mol. The van der Waals surface area contributed by atoms with Gasteiger partial charge in [-0.3, -0.25) is 14.3 Å². The molecule has 0 aromatic heterocycles. The molecule has 3 aliphatic heterocycles. The number of rotatable bonds is 4. The number of hydrogen-bond acceptors (Lipinski definition) is 7. The van der Waals surface area contributed by atoms with Gasteiger partial charge in [0.1, 0.15) is 0 Å². The highest BCUT2D eigenvalue weighted by Crippen LogP contribution is 2.39. The van der Waals surface area contributed by atoms with Crippen molar-refractivity contribution in [3.8, 4) is 11.5 Å². The zero-order valence-electron chi connectivity index (χ0n) is 16.3. The number of nitrogens with zero attached hydrogens (tertiary/aromatic N) is 1. The third-order valence-corrected chi connectivity index (χ3v) is 7.91. The predicted octanol–water partition coefficient (Wildman–Crippen LogP) is 2.25. The molecule has 0 spiro atoms. The number of hydrogen-bond donors (Lipinski definition) is 2. The first-order valence-electron chi connectivity index (χ1n) is 9.73. The van der Waals surface area contributed by atoms with E-state index in [1.807, 2.05) is 0 Å². The Hall–Kier alpha value is -2.92. The molecule has 1 fully saturated rings. The summed E-state index contributed by atoms with van der Waals surface area (Å²) in [5.41, 5.74) is 0.700. The summed E-state index contributed by atoms with van der Waals surface area (Å²) >= 11 is 1.15. The summed E-state index contributed by atoms with van der Waals surface area (Å²) in [7, 11) is -3.91. The van der Waals surface area contributed by atoms with Crippen LogP contribution in [0.25, 0.3) is 0 Å². The minimum atomic E-state index is -3.91. The van der Waals surface area contributed by atoms with Crippen LogP contribution in [-0.4, -0.2) is 50.3 Å². The number of benzene rings is 2. The van der Waals surface area contributed by atoms with Crippen LogP contribution < -0.4 is 19.5 Å². The van der Waals surface area contributed by atoms with Crippen LogP contribution in [0.3, 0.4) is 0 Å². The molecule has 2 amide bonds. The van der Waals surface area contributed by atoms with E-state index in [9.17, 15) is 18.0 Å². The lowest BCUT2D eigenvalue weighted by molar-refractivity contribution is -0.133. The average molecular weight is 462 g/mol. The van der Waals surface area contributed by atoms with Gasteiger partial charge in [0, 0.05) is 24.1 Å². The highest BCUT2D eigenvalue weighted by Gasteiger charge is 2.37. The molecule has 0 saturated carbocycles. The minimum absolute atomic E-state index is 0.00543. The maximum absolute atomic E-state index is 12.9. The number of carbonyl (C=O) groups excluding carboxylic acids is 2. The Labute approximate surface area is 183 Å². The van der Waals surface area contributed by atoms with Gasteiger partial charge in [-0.2, -0.15) is 0 Å². The van der Waals surface area contributed by atoms with E-state index < -0.39 is 21.2 Å². The van der Waals surface area contributed by atoms with Crippen LogP contribution in [0.15, 0.2) is 46.2 Å². The summed E-state index contributed by atoms with van der Waals surface area (Å²) in [5.74, 6) is 0.372. The maximum atomic E-state index is 12.9. The van der Waals surface area contributed by atoms with E-state index in [0.717, 1.165) is 24.6 Å². The largest absolute Gasteiger partial charge is 0.454 e. The van der Waals surface area contributed by atoms with Crippen molar-refractivity contribution in [2.75, 3.05) is 29.9 Å². The number of nitrogens with one attached hydrogen (secondary N) is 2. The second-order valence-electron chi connectivity index (χ2n) is 7.35. The topological polar surface area (TPSA) is 114 Å². The molecule has 1 saturated heterocycles. The Morgan fingerprint density at radius 1 is 1.10 bits per heavy atom. The van der Waals surface area contributed by atoms with E-state index in [0.29, 0.717) is 40.9 Å². The van der Waals surface area contributed by atoms with Gasteiger partial charge in [0.2, 0.25) is 18.6 Å². The smallest absolute Gasteiger partial charge is 0.261 e. The van der Waals surface area contributed by atoms with Gasteiger partial charge in [0.25, 0.3) is 10.0 Å². The molecule has 2 N–H and O–H groups in total. The van der Waals surface area contributed by atoms with Crippen LogP contribution in [0.4, 0.5) is 11.4 Å². The summed E-state index contributed by atoms with van der Waals surface area (Å²) in [5, 5.41) is 1.83.